The summed E-state index contributed by atoms with van der Waals surface area (Å²) in [4.78, 5) is 26.3. The zero-order chi connectivity index (χ0) is 18.0. The molecular formula is C18H25NO4S. The van der Waals surface area contributed by atoms with Crippen LogP contribution in [0, 0.1) is 5.92 Å². The first-order valence-electron chi connectivity index (χ1n) is 8.21. The van der Waals surface area contributed by atoms with Crippen molar-refractivity contribution in [3.8, 4) is 0 Å². The smallest absolute Gasteiger partial charge is 0.237 e. The van der Waals surface area contributed by atoms with E-state index in [1.165, 1.54) is 0 Å². The van der Waals surface area contributed by atoms with Crippen LogP contribution >= 0.6 is 0 Å². The van der Waals surface area contributed by atoms with Crippen LogP contribution in [0.25, 0.3) is 0 Å². The molecule has 1 aliphatic rings. The number of ketones is 1. The minimum absolute atomic E-state index is 0.101. The molecule has 132 valence electrons. The van der Waals surface area contributed by atoms with Gasteiger partial charge in [0.05, 0.1) is 4.75 Å². The minimum Gasteiger partial charge on any atom is -0.342 e. The Hall–Kier alpha value is -1.69. The Morgan fingerprint density at radius 2 is 1.62 bits per heavy atom. The number of nitrogens with zero attached hydrogens (tertiary/aromatic N) is 1. The summed E-state index contributed by atoms with van der Waals surface area (Å²) in [6.45, 7) is 5.66. The van der Waals surface area contributed by atoms with Crippen LogP contribution in [0.15, 0.2) is 30.3 Å². The van der Waals surface area contributed by atoms with Gasteiger partial charge in [-0.05, 0) is 33.6 Å². The van der Waals surface area contributed by atoms with Crippen LogP contribution in [0.5, 0.6) is 0 Å². The van der Waals surface area contributed by atoms with Gasteiger partial charge in [-0.3, -0.25) is 9.59 Å². The number of sulfone groups is 1. The normalized spacial score (nSPS) is 16.9. The monoisotopic (exact) mass is 351 g/mol. The highest BCUT2D eigenvalue weighted by atomic mass is 32.2. The summed E-state index contributed by atoms with van der Waals surface area (Å²) >= 11 is 0. The van der Waals surface area contributed by atoms with Crippen molar-refractivity contribution in [3.05, 3.63) is 35.9 Å². The summed E-state index contributed by atoms with van der Waals surface area (Å²) in [7, 11) is -3.48. The molecular weight excluding hydrogens is 326 g/mol. The predicted molar refractivity (Wildman–Crippen MR) is 93.6 cm³/mol. The van der Waals surface area contributed by atoms with Crippen LogP contribution in [-0.2, 0) is 14.6 Å². The highest BCUT2D eigenvalue weighted by molar-refractivity contribution is 7.93. The van der Waals surface area contributed by atoms with Crippen molar-refractivity contribution in [2.24, 2.45) is 5.92 Å². The molecule has 0 unspecified atom stereocenters. The van der Waals surface area contributed by atoms with Gasteiger partial charge in [-0.15, -0.1) is 0 Å². The van der Waals surface area contributed by atoms with Gasteiger partial charge in [0.1, 0.15) is 5.75 Å². The summed E-state index contributed by atoms with van der Waals surface area (Å²) < 4.78 is 23.4. The number of benzene rings is 1. The first-order valence-corrected chi connectivity index (χ1v) is 9.86. The Kier molecular flexibility index (Phi) is 5.48. The van der Waals surface area contributed by atoms with Crippen LogP contribution < -0.4 is 0 Å². The number of rotatable bonds is 4. The second kappa shape index (κ2) is 7.05. The van der Waals surface area contributed by atoms with Crippen molar-refractivity contribution < 1.29 is 18.0 Å². The van der Waals surface area contributed by atoms with E-state index >= 15 is 0 Å². The number of hydrogen-bond donors (Lipinski definition) is 0. The molecule has 0 N–H and O–H groups in total. The van der Waals surface area contributed by atoms with E-state index in [0.717, 1.165) is 0 Å². The average molecular weight is 351 g/mol. The SMILES string of the molecule is CC(C)(C)S(=O)(=O)CC(=O)N1CCC(C(=O)c2ccccc2)CC1. The Labute approximate surface area is 144 Å². The van der Waals surface area contributed by atoms with Gasteiger partial charge >= 0.3 is 0 Å². The molecule has 1 aromatic rings. The van der Waals surface area contributed by atoms with Gasteiger partial charge in [-0.2, -0.15) is 0 Å². The Morgan fingerprint density at radius 1 is 1.08 bits per heavy atom. The Morgan fingerprint density at radius 3 is 2.12 bits per heavy atom. The van der Waals surface area contributed by atoms with E-state index in [0.29, 0.717) is 31.5 Å². The van der Waals surface area contributed by atoms with Gasteiger partial charge in [-0.1, -0.05) is 30.3 Å². The molecule has 0 radical (unpaired) electrons. The van der Waals surface area contributed by atoms with E-state index in [1.807, 2.05) is 18.2 Å². The molecule has 24 heavy (non-hydrogen) atoms. The highest BCUT2D eigenvalue weighted by Gasteiger charge is 2.34. The molecule has 0 spiro atoms. The molecule has 2 rings (SSSR count). The minimum atomic E-state index is -3.48. The maximum absolute atomic E-state index is 12.4. The van der Waals surface area contributed by atoms with Gasteiger partial charge in [-0.25, -0.2) is 8.42 Å². The zero-order valence-corrected chi connectivity index (χ0v) is 15.3. The third kappa shape index (κ3) is 4.23. The van der Waals surface area contributed by atoms with Gasteiger partial charge in [0.15, 0.2) is 15.6 Å². The summed E-state index contributed by atoms with van der Waals surface area (Å²) in [6.07, 6.45) is 1.16. The molecule has 1 amide bonds. The Bertz CT molecular complexity index is 696. The third-order valence-corrected chi connectivity index (χ3v) is 7.02. The first-order chi connectivity index (χ1) is 11.1. The van der Waals surface area contributed by atoms with Crippen molar-refractivity contribution in [1.82, 2.24) is 4.90 Å². The van der Waals surface area contributed by atoms with E-state index in [9.17, 15) is 18.0 Å². The summed E-state index contributed by atoms with van der Waals surface area (Å²) in [6, 6.07) is 9.14. The summed E-state index contributed by atoms with van der Waals surface area (Å²) in [5.74, 6) is -0.829. The van der Waals surface area contributed by atoms with Crippen LogP contribution in [0.1, 0.15) is 44.0 Å². The second-order valence-corrected chi connectivity index (χ2v) is 10.00. The molecule has 0 atom stereocenters. The number of Topliss-reactive ketones (excluding diaryl/α,β-unsaturated/α-hetero) is 1. The number of piperidine rings is 1. The molecule has 0 saturated carbocycles. The second-order valence-electron chi connectivity index (χ2n) is 7.26. The fourth-order valence-corrected chi connectivity index (χ4v) is 3.64. The van der Waals surface area contributed by atoms with Crippen LogP contribution in [-0.4, -0.2) is 48.6 Å². The fourth-order valence-electron chi connectivity index (χ4n) is 2.70. The maximum atomic E-state index is 12.4. The first kappa shape index (κ1) is 18.6. The number of carbonyl (C=O) groups is 2. The molecule has 1 aromatic carbocycles. The zero-order valence-electron chi connectivity index (χ0n) is 14.5. The number of likely N-dealkylation sites (tertiary alicyclic amines) is 1. The van der Waals surface area contributed by atoms with E-state index in [-0.39, 0.29) is 17.6 Å². The fraction of sp³-hybridized carbons (Fsp3) is 0.556. The molecule has 1 aliphatic heterocycles. The van der Waals surface area contributed by atoms with E-state index in [4.69, 9.17) is 0 Å². The van der Waals surface area contributed by atoms with E-state index in [2.05, 4.69) is 0 Å². The average Bonchev–Trinajstić information content (AvgIpc) is 2.53. The van der Waals surface area contributed by atoms with Crippen molar-refractivity contribution >= 4 is 21.5 Å². The lowest BCUT2D eigenvalue weighted by Crippen LogP contribution is -2.45. The number of carbonyl (C=O) groups excluding carboxylic acids is 2. The highest BCUT2D eigenvalue weighted by Crippen LogP contribution is 2.23. The van der Waals surface area contributed by atoms with Crippen LogP contribution in [0.2, 0.25) is 0 Å². The summed E-state index contributed by atoms with van der Waals surface area (Å²) in [5.41, 5.74) is 0.692. The largest absolute Gasteiger partial charge is 0.342 e. The van der Waals surface area contributed by atoms with E-state index < -0.39 is 20.3 Å². The molecule has 1 heterocycles. The lowest BCUT2D eigenvalue weighted by molar-refractivity contribution is -0.129. The third-order valence-electron chi connectivity index (χ3n) is 4.52. The van der Waals surface area contributed by atoms with Crippen molar-refractivity contribution in [2.45, 2.75) is 38.4 Å². The van der Waals surface area contributed by atoms with Crippen LogP contribution in [0.3, 0.4) is 0 Å². The standard InChI is InChI=1S/C18H25NO4S/c1-18(2,3)24(22,23)13-16(20)19-11-9-15(10-12-19)17(21)14-7-5-4-6-8-14/h4-8,15H,9-13H2,1-3H3. The molecule has 0 aliphatic carbocycles. The van der Waals surface area contributed by atoms with Crippen molar-refractivity contribution in [2.75, 3.05) is 18.8 Å². The number of hydrogen-bond acceptors (Lipinski definition) is 4. The lowest BCUT2D eigenvalue weighted by atomic mass is 9.89. The lowest BCUT2D eigenvalue weighted by Gasteiger charge is -2.32. The summed E-state index contributed by atoms with van der Waals surface area (Å²) in [5, 5.41) is 0. The Balaban J connectivity index is 1.93. The predicted octanol–water partition coefficient (Wildman–Crippen LogP) is 2.32. The molecule has 0 aromatic heterocycles. The topological polar surface area (TPSA) is 71.5 Å². The van der Waals surface area contributed by atoms with Gasteiger partial charge in [0, 0.05) is 24.6 Å². The number of amides is 1. The molecule has 1 fully saturated rings. The van der Waals surface area contributed by atoms with Crippen molar-refractivity contribution in [3.63, 3.8) is 0 Å². The molecule has 6 heteroatoms. The van der Waals surface area contributed by atoms with E-state index in [1.54, 1.807) is 37.8 Å². The quantitative estimate of drug-likeness (QED) is 0.781. The van der Waals surface area contributed by atoms with Crippen LogP contribution in [0.4, 0.5) is 0 Å². The van der Waals surface area contributed by atoms with Gasteiger partial charge < -0.3 is 4.90 Å². The molecule has 1 saturated heterocycles. The maximum Gasteiger partial charge on any atom is 0.237 e. The van der Waals surface area contributed by atoms with Gasteiger partial charge in [0.25, 0.3) is 0 Å². The van der Waals surface area contributed by atoms with Gasteiger partial charge in [0.2, 0.25) is 5.91 Å². The van der Waals surface area contributed by atoms with Crippen molar-refractivity contribution in [1.29, 1.82) is 0 Å². The molecule has 5 nitrogen and oxygen atoms in total. The molecule has 0 bridgehead atoms.